The number of fused-ring (bicyclic) bond motifs is 1. The Morgan fingerprint density at radius 1 is 1.07 bits per heavy atom. The van der Waals surface area contributed by atoms with Gasteiger partial charge in [-0.05, 0) is 39.0 Å². The Hall–Kier alpha value is -3.61. The molecule has 1 aromatic carbocycles. The number of aryl methyl sites for hydroxylation is 1. The summed E-state index contributed by atoms with van der Waals surface area (Å²) in [6.07, 6.45) is 3.05. The summed E-state index contributed by atoms with van der Waals surface area (Å²) < 4.78 is 8.94. The summed E-state index contributed by atoms with van der Waals surface area (Å²) in [4.78, 5) is 12.1. The van der Waals surface area contributed by atoms with Gasteiger partial charge in [-0.25, -0.2) is 9.31 Å². The minimum absolute atomic E-state index is 0.501. The number of hydrogen-bond donors (Lipinski definition) is 1. The molecule has 0 bridgehead atoms. The third kappa shape index (κ3) is 3.85. The number of hydrogen-bond acceptors (Lipinski definition) is 4. The largest absolute Gasteiger partial charge is 0.444 e. The van der Waals surface area contributed by atoms with Crippen LogP contribution in [0.5, 0.6) is 0 Å². The van der Waals surface area contributed by atoms with Gasteiger partial charge >= 0.3 is 6.09 Å². The second kappa shape index (κ2) is 7.09. The van der Waals surface area contributed by atoms with Crippen LogP contribution < -0.4 is 5.32 Å². The fourth-order valence-electron chi connectivity index (χ4n) is 3.21. The number of benzene rings is 1. The molecule has 4 rings (SSSR count). The number of rotatable bonds is 3. The topological polar surface area (TPSA) is 73.5 Å². The lowest BCUT2D eigenvalue weighted by atomic mass is 10.0. The van der Waals surface area contributed by atoms with Crippen LogP contribution in [0.3, 0.4) is 0 Å². The van der Waals surface area contributed by atoms with E-state index in [4.69, 9.17) is 9.84 Å². The molecule has 3 aromatic heterocycles. The third-order valence-electron chi connectivity index (χ3n) is 4.40. The zero-order chi connectivity index (χ0) is 20.6. The van der Waals surface area contributed by atoms with Crippen molar-refractivity contribution in [1.29, 1.82) is 0 Å². The second-order valence-corrected chi connectivity index (χ2v) is 7.80. The van der Waals surface area contributed by atoms with Crippen LogP contribution in [0.1, 0.15) is 20.8 Å². The van der Waals surface area contributed by atoms with Crippen LogP contribution in [0.25, 0.3) is 28.0 Å². The van der Waals surface area contributed by atoms with Crippen molar-refractivity contribution in [2.75, 3.05) is 5.32 Å². The van der Waals surface area contributed by atoms with Crippen LogP contribution in [0, 0.1) is 0 Å². The highest BCUT2D eigenvalue weighted by Crippen LogP contribution is 2.35. The average molecular weight is 389 g/mol. The number of ether oxygens (including phenoxy) is 1. The molecule has 0 atom stereocenters. The van der Waals surface area contributed by atoms with Crippen LogP contribution in [-0.2, 0) is 11.8 Å². The van der Waals surface area contributed by atoms with Crippen LogP contribution >= 0.6 is 0 Å². The smallest absolute Gasteiger partial charge is 0.412 e. The number of anilines is 1. The lowest BCUT2D eigenvalue weighted by molar-refractivity contribution is 0.0636. The van der Waals surface area contributed by atoms with Gasteiger partial charge in [0.1, 0.15) is 11.3 Å². The summed E-state index contributed by atoms with van der Waals surface area (Å²) in [5.41, 5.74) is 4.77. The van der Waals surface area contributed by atoms with Gasteiger partial charge in [0, 0.05) is 18.8 Å². The molecule has 1 N–H and O–H groups in total. The van der Waals surface area contributed by atoms with Gasteiger partial charge in [0.25, 0.3) is 0 Å². The Balaban J connectivity index is 1.80. The monoisotopic (exact) mass is 389 g/mol. The van der Waals surface area contributed by atoms with Crippen molar-refractivity contribution < 1.29 is 9.53 Å². The van der Waals surface area contributed by atoms with E-state index in [1.54, 1.807) is 16.9 Å². The molecule has 1 amide bonds. The predicted octanol–water partition coefficient (Wildman–Crippen LogP) is 4.75. The van der Waals surface area contributed by atoms with Gasteiger partial charge in [-0.1, -0.05) is 30.3 Å². The number of pyridine rings is 1. The van der Waals surface area contributed by atoms with Crippen molar-refractivity contribution in [1.82, 2.24) is 19.4 Å². The number of nitrogens with zero attached hydrogens (tertiary/aromatic N) is 4. The number of carbonyl (C=O) groups excluding carboxylic acids is 1. The Kier molecular flexibility index (Phi) is 4.58. The van der Waals surface area contributed by atoms with Crippen LogP contribution in [-0.4, -0.2) is 31.1 Å². The number of aromatic nitrogens is 4. The molecule has 0 spiro atoms. The molecule has 0 radical (unpaired) electrons. The highest BCUT2D eigenvalue weighted by atomic mass is 16.6. The maximum absolute atomic E-state index is 12.1. The first-order chi connectivity index (χ1) is 13.8. The molecular weight excluding hydrogens is 366 g/mol. The molecule has 4 aromatic rings. The maximum Gasteiger partial charge on any atom is 0.412 e. The molecule has 0 aliphatic rings. The minimum atomic E-state index is -0.562. The summed E-state index contributed by atoms with van der Waals surface area (Å²) in [6, 6.07) is 15.8. The molecule has 0 saturated heterocycles. The lowest BCUT2D eigenvalue weighted by Crippen LogP contribution is -2.27. The SMILES string of the molecule is Cn1nccc1-c1c(-c2ccccc2)nn2cc(NC(=O)OC(C)(C)C)ccc12. The van der Waals surface area contributed by atoms with Crippen molar-refractivity contribution in [3.8, 4) is 22.5 Å². The molecule has 148 valence electrons. The van der Waals surface area contributed by atoms with Gasteiger partial charge in [0.2, 0.25) is 0 Å². The highest BCUT2D eigenvalue weighted by molar-refractivity contribution is 5.92. The van der Waals surface area contributed by atoms with E-state index >= 15 is 0 Å². The molecule has 7 heteroatoms. The van der Waals surface area contributed by atoms with E-state index in [0.717, 1.165) is 28.0 Å². The normalized spacial score (nSPS) is 11.6. The zero-order valence-electron chi connectivity index (χ0n) is 16.9. The van der Waals surface area contributed by atoms with Gasteiger partial charge in [-0.2, -0.15) is 10.2 Å². The molecule has 0 fully saturated rings. The molecule has 3 heterocycles. The molecule has 0 saturated carbocycles. The molecular formula is C22H23N5O2. The van der Waals surface area contributed by atoms with Crippen molar-refractivity contribution in [3.05, 3.63) is 60.9 Å². The maximum atomic E-state index is 12.1. The van der Waals surface area contributed by atoms with E-state index < -0.39 is 11.7 Å². The Labute approximate surface area is 168 Å². The van der Waals surface area contributed by atoms with Crippen molar-refractivity contribution in [2.45, 2.75) is 26.4 Å². The van der Waals surface area contributed by atoms with E-state index in [2.05, 4.69) is 10.4 Å². The highest BCUT2D eigenvalue weighted by Gasteiger charge is 2.20. The van der Waals surface area contributed by atoms with Crippen molar-refractivity contribution in [2.24, 2.45) is 7.05 Å². The number of amides is 1. The van der Waals surface area contributed by atoms with Crippen LogP contribution in [0.2, 0.25) is 0 Å². The number of nitrogens with one attached hydrogen (secondary N) is 1. The predicted molar refractivity (Wildman–Crippen MR) is 113 cm³/mol. The fourth-order valence-corrected chi connectivity index (χ4v) is 3.21. The fraction of sp³-hybridized carbons (Fsp3) is 0.227. The lowest BCUT2D eigenvalue weighted by Gasteiger charge is -2.19. The number of carbonyl (C=O) groups is 1. The summed E-state index contributed by atoms with van der Waals surface area (Å²) >= 11 is 0. The van der Waals surface area contributed by atoms with Gasteiger partial charge in [-0.3, -0.25) is 10.00 Å². The second-order valence-electron chi connectivity index (χ2n) is 7.80. The van der Waals surface area contributed by atoms with E-state index in [9.17, 15) is 4.79 Å². The van der Waals surface area contributed by atoms with E-state index in [0.29, 0.717) is 5.69 Å². The van der Waals surface area contributed by atoms with Crippen molar-refractivity contribution >= 4 is 17.3 Å². The van der Waals surface area contributed by atoms with Crippen molar-refractivity contribution in [3.63, 3.8) is 0 Å². The molecule has 7 nitrogen and oxygen atoms in total. The van der Waals surface area contributed by atoms with E-state index in [-0.39, 0.29) is 0 Å². The first kappa shape index (κ1) is 18.7. The first-order valence-corrected chi connectivity index (χ1v) is 9.38. The minimum Gasteiger partial charge on any atom is -0.444 e. The zero-order valence-corrected chi connectivity index (χ0v) is 16.9. The first-order valence-electron chi connectivity index (χ1n) is 9.38. The third-order valence-corrected chi connectivity index (χ3v) is 4.40. The molecule has 0 aliphatic carbocycles. The summed E-state index contributed by atoms with van der Waals surface area (Å²) in [5.74, 6) is 0. The Bertz CT molecular complexity index is 1170. The Morgan fingerprint density at radius 3 is 2.48 bits per heavy atom. The summed E-state index contributed by atoms with van der Waals surface area (Å²) in [6.45, 7) is 5.49. The van der Waals surface area contributed by atoms with Crippen LogP contribution in [0.4, 0.5) is 10.5 Å². The summed E-state index contributed by atoms with van der Waals surface area (Å²) in [7, 11) is 1.91. The standard InChI is InChI=1S/C22H23N5O2/c1-22(2,3)29-21(28)24-16-10-11-18-19(17-12-13-23-26(17)4)20(25-27(18)14-16)15-8-6-5-7-9-15/h5-14H,1-4H3,(H,24,28). The van der Waals surface area contributed by atoms with Gasteiger partial charge in [0.05, 0.1) is 28.7 Å². The summed E-state index contributed by atoms with van der Waals surface area (Å²) in [5, 5.41) is 11.9. The quantitative estimate of drug-likeness (QED) is 0.549. The van der Waals surface area contributed by atoms with Gasteiger partial charge < -0.3 is 4.74 Å². The van der Waals surface area contributed by atoms with E-state index in [1.807, 2.05) is 81.0 Å². The Morgan fingerprint density at radius 2 is 1.83 bits per heavy atom. The van der Waals surface area contributed by atoms with Gasteiger partial charge in [0.15, 0.2) is 0 Å². The van der Waals surface area contributed by atoms with Gasteiger partial charge in [-0.15, -0.1) is 0 Å². The molecule has 0 unspecified atom stereocenters. The molecule has 29 heavy (non-hydrogen) atoms. The average Bonchev–Trinajstić information content (AvgIpc) is 3.23. The molecule has 0 aliphatic heterocycles. The van der Waals surface area contributed by atoms with E-state index in [1.165, 1.54) is 0 Å². The van der Waals surface area contributed by atoms with Crippen LogP contribution in [0.15, 0.2) is 60.9 Å².